The van der Waals surface area contributed by atoms with Crippen LogP contribution in [0.1, 0.15) is 78.6 Å². The minimum Gasteiger partial charge on any atom is -0.297 e. The maximum Gasteiger partial charge on any atom is 0.159 e. The Morgan fingerprint density at radius 3 is 2.46 bits per heavy atom. The zero-order valence-electron chi connectivity index (χ0n) is 17.9. The third-order valence-corrected chi connectivity index (χ3v) is 10.1. The van der Waals surface area contributed by atoms with Gasteiger partial charge in [0.2, 0.25) is 0 Å². The molecule has 154 valence electrons. The highest BCUT2D eigenvalue weighted by atomic mass is 16.1. The highest BCUT2D eigenvalue weighted by Crippen LogP contribution is 2.67. The summed E-state index contributed by atoms with van der Waals surface area (Å²) in [6.45, 7) is 7.92. The average Bonchev–Trinajstić information content (AvgIpc) is 3.29. The number of aromatic nitrogens is 3. The molecule has 5 rings (SSSR count). The van der Waals surface area contributed by atoms with Crippen molar-refractivity contribution in [1.82, 2.24) is 15.0 Å². The quantitative estimate of drug-likeness (QED) is 0.726. The summed E-state index contributed by atoms with van der Waals surface area (Å²) in [5.41, 5.74) is 0.772. The van der Waals surface area contributed by atoms with Crippen molar-refractivity contribution in [2.24, 2.45) is 46.3 Å². The van der Waals surface area contributed by atoms with Crippen molar-refractivity contribution in [3.05, 3.63) is 12.4 Å². The van der Waals surface area contributed by atoms with E-state index >= 15 is 0 Å². The molecule has 0 aromatic carbocycles. The summed E-state index contributed by atoms with van der Waals surface area (Å²) in [5.74, 6) is 4.96. The van der Waals surface area contributed by atoms with Gasteiger partial charge in [-0.3, -0.25) is 4.79 Å². The molecule has 4 heteroatoms. The maximum atomic E-state index is 13.2. The van der Waals surface area contributed by atoms with Gasteiger partial charge in [0, 0.05) is 5.92 Å². The lowest BCUT2D eigenvalue weighted by atomic mass is 9.44. The van der Waals surface area contributed by atoms with Crippen molar-refractivity contribution in [2.75, 3.05) is 0 Å². The lowest BCUT2D eigenvalue weighted by Gasteiger charge is -2.61. The summed E-state index contributed by atoms with van der Waals surface area (Å²) in [6.07, 6.45) is 15.5. The van der Waals surface area contributed by atoms with Crippen molar-refractivity contribution in [1.29, 1.82) is 0 Å². The standard InChI is InChI=1S/C24H37N3O/c1-16-8-10-23(2)17(14-16)4-5-18-19-6-7-21(24(19,3)11-9-20(18)23)22(28)15-27-25-12-13-26-27/h12-13,16-21H,4-11,14-15H2,1-3H3. The molecule has 0 bridgehead atoms. The van der Waals surface area contributed by atoms with E-state index in [9.17, 15) is 4.79 Å². The minimum absolute atomic E-state index is 0.205. The number of ketones is 1. The zero-order chi connectivity index (χ0) is 19.5. The molecule has 4 nitrogen and oxygen atoms in total. The fourth-order valence-corrected chi connectivity index (χ4v) is 8.58. The van der Waals surface area contributed by atoms with Crippen LogP contribution in [0.2, 0.25) is 0 Å². The predicted octanol–water partition coefficient (Wildman–Crippen LogP) is 5.14. The van der Waals surface area contributed by atoms with Gasteiger partial charge in [-0.05, 0) is 91.8 Å². The summed E-state index contributed by atoms with van der Waals surface area (Å²) in [7, 11) is 0. The maximum absolute atomic E-state index is 13.2. The number of carbonyl (C=O) groups excluding carboxylic acids is 1. The van der Waals surface area contributed by atoms with E-state index in [2.05, 4.69) is 31.0 Å². The second kappa shape index (κ2) is 6.67. The van der Waals surface area contributed by atoms with Crippen LogP contribution in [0.5, 0.6) is 0 Å². The SMILES string of the molecule is CC1CCC2(C)C(CCC3C2CCC2(C)C(C(=O)Cn4nccn4)CCC32)C1. The van der Waals surface area contributed by atoms with Crippen molar-refractivity contribution in [3.63, 3.8) is 0 Å². The van der Waals surface area contributed by atoms with Crippen molar-refractivity contribution in [3.8, 4) is 0 Å². The third kappa shape index (κ3) is 2.73. The summed E-state index contributed by atoms with van der Waals surface area (Å²) >= 11 is 0. The monoisotopic (exact) mass is 383 g/mol. The number of Topliss-reactive ketones (excluding diaryl/α,β-unsaturated/α-hetero) is 1. The fraction of sp³-hybridized carbons (Fsp3) is 0.875. The molecule has 4 aliphatic carbocycles. The topological polar surface area (TPSA) is 47.8 Å². The van der Waals surface area contributed by atoms with E-state index in [1.54, 1.807) is 17.2 Å². The van der Waals surface area contributed by atoms with Gasteiger partial charge in [0.15, 0.2) is 5.78 Å². The molecule has 0 N–H and O–H groups in total. The number of nitrogens with zero attached hydrogens (tertiary/aromatic N) is 3. The van der Waals surface area contributed by atoms with Crippen LogP contribution in [0, 0.1) is 46.3 Å². The Labute approximate surface area is 169 Å². The molecule has 0 spiro atoms. The lowest BCUT2D eigenvalue weighted by Crippen LogP contribution is -2.53. The second-order valence-electron chi connectivity index (χ2n) is 11.2. The van der Waals surface area contributed by atoms with E-state index in [0.29, 0.717) is 17.7 Å². The fourth-order valence-electron chi connectivity index (χ4n) is 8.58. The molecule has 0 amide bonds. The van der Waals surface area contributed by atoms with E-state index in [-0.39, 0.29) is 11.3 Å². The van der Waals surface area contributed by atoms with E-state index in [1.165, 1.54) is 51.4 Å². The Morgan fingerprint density at radius 1 is 0.964 bits per heavy atom. The first-order valence-corrected chi connectivity index (χ1v) is 11.8. The first-order chi connectivity index (χ1) is 13.4. The molecule has 0 saturated heterocycles. The summed E-state index contributed by atoms with van der Waals surface area (Å²) in [6, 6.07) is 0. The van der Waals surface area contributed by atoms with Crippen molar-refractivity contribution in [2.45, 2.75) is 85.1 Å². The minimum atomic E-state index is 0.205. The van der Waals surface area contributed by atoms with Crippen LogP contribution >= 0.6 is 0 Å². The Bertz CT molecular complexity index is 730. The smallest absolute Gasteiger partial charge is 0.159 e. The van der Waals surface area contributed by atoms with Gasteiger partial charge in [-0.25, -0.2) is 0 Å². The van der Waals surface area contributed by atoms with Crippen LogP contribution in [0.4, 0.5) is 0 Å². The molecule has 1 heterocycles. The Balaban J connectivity index is 1.36. The zero-order valence-corrected chi connectivity index (χ0v) is 17.9. The van der Waals surface area contributed by atoms with Crippen LogP contribution < -0.4 is 0 Å². The molecule has 28 heavy (non-hydrogen) atoms. The van der Waals surface area contributed by atoms with Gasteiger partial charge < -0.3 is 0 Å². The summed E-state index contributed by atoms with van der Waals surface area (Å²) in [4.78, 5) is 14.7. The largest absolute Gasteiger partial charge is 0.297 e. The second-order valence-corrected chi connectivity index (χ2v) is 11.2. The molecule has 0 radical (unpaired) electrons. The number of hydrogen-bond acceptors (Lipinski definition) is 3. The first kappa shape index (κ1) is 18.8. The van der Waals surface area contributed by atoms with Crippen LogP contribution in [-0.2, 0) is 11.3 Å². The van der Waals surface area contributed by atoms with Gasteiger partial charge in [0.05, 0.1) is 12.4 Å². The Kier molecular flexibility index (Phi) is 4.48. The molecule has 4 fully saturated rings. The lowest BCUT2D eigenvalue weighted by molar-refractivity contribution is -0.137. The van der Waals surface area contributed by atoms with E-state index in [1.807, 2.05) is 0 Å². The van der Waals surface area contributed by atoms with Gasteiger partial charge in [-0.1, -0.05) is 27.2 Å². The van der Waals surface area contributed by atoms with Gasteiger partial charge in [0.1, 0.15) is 6.54 Å². The number of carbonyl (C=O) groups is 1. The van der Waals surface area contributed by atoms with E-state index < -0.39 is 0 Å². The highest BCUT2D eigenvalue weighted by Gasteiger charge is 2.60. The van der Waals surface area contributed by atoms with Gasteiger partial charge in [-0.2, -0.15) is 15.0 Å². The Morgan fingerprint density at radius 2 is 1.68 bits per heavy atom. The van der Waals surface area contributed by atoms with Crippen LogP contribution in [0.15, 0.2) is 12.4 Å². The number of rotatable bonds is 3. The van der Waals surface area contributed by atoms with Gasteiger partial charge >= 0.3 is 0 Å². The average molecular weight is 384 g/mol. The van der Waals surface area contributed by atoms with Crippen LogP contribution in [0.25, 0.3) is 0 Å². The third-order valence-electron chi connectivity index (χ3n) is 10.1. The van der Waals surface area contributed by atoms with E-state index in [0.717, 1.165) is 36.0 Å². The highest BCUT2D eigenvalue weighted by molar-refractivity contribution is 5.81. The van der Waals surface area contributed by atoms with Crippen molar-refractivity contribution < 1.29 is 4.79 Å². The molecule has 1 aromatic heterocycles. The van der Waals surface area contributed by atoms with Gasteiger partial charge in [0.25, 0.3) is 0 Å². The predicted molar refractivity (Wildman–Crippen MR) is 109 cm³/mol. The molecule has 8 unspecified atom stereocenters. The van der Waals surface area contributed by atoms with E-state index in [4.69, 9.17) is 0 Å². The summed E-state index contributed by atoms with van der Waals surface area (Å²) < 4.78 is 0. The normalized spacial score (nSPS) is 47.8. The Hall–Kier alpha value is -1.19. The van der Waals surface area contributed by atoms with Crippen molar-refractivity contribution >= 4 is 5.78 Å². The molecular weight excluding hydrogens is 346 g/mol. The summed E-state index contributed by atoms with van der Waals surface area (Å²) in [5, 5.41) is 8.33. The van der Waals surface area contributed by atoms with Crippen LogP contribution in [-0.4, -0.2) is 20.8 Å². The number of hydrogen-bond donors (Lipinski definition) is 0. The molecule has 1 aromatic rings. The van der Waals surface area contributed by atoms with Crippen LogP contribution in [0.3, 0.4) is 0 Å². The molecule has 4 saturated carbocycles. The molecular formula is C24H37N3O. The van der Waals surface area contributed by atoms with Gasteiger partial charge in [-0.15, -0.1) is 0 Å². The molecule has 0 aliphatic heterocycles. The molecule has 4 aliphatic rings. The first-order valence-electron chi connectivity index (χ1n) is 11.8. The number of fused-ring (bicyclic) bond motifs is 5. The molecule has 8 atom stereocenters.